The third-order valence-electron chi connectivity index (χ3n) is 5.10. The lowest BCUT2D eigenvalue weighted by Gasteiger charge is -2.24. The maximum Gasteiger partial charge on any atom is 0.157 e. The first kappa shape index (κ1) is 15.6. The first-order valence-corrected chi connectivity index (χ1v) is 8.48. The van der Waals surface area contributed by atoms with Gasteiger partial charge in [-0.05, 0) is 18.2 Å². The van der Waals surface area contributed by atoms with E-state index in [-0.39, 0.29) is 18.5 Å². The summed E-state index contributed by atoms with van der Waals surface area (Å²) >= 11 is 6.22. The van der Waals surface area contributed by atoms with Crippen LogP contribution >= 0.6 is 11.6 Å². The van der Waals surface area contributed by atoms with Crippen LogP contribution in [0.2, 0.25) is 5.02 Å². The van der Waals surface area contributed by atoms with Gasteiger partial charge in [-0.1, -0.05) is 21.9 Å². The number of nitrogens with zero attached hydrogens (tertiary/aromatic N) is 4. The van der Waals surface area contributed by atoms with E-state index < -0.39 is 0 Å². The zero-order chi connectivity index (χ0) is 16.7. The van der Waals surface area contributed by atoms with Crippen molar-refractivity contribution in [1.29, 1.82) is 0 Å². The molecule has 0 N–H and O–H groups in total. The Labute approximate surface area is 144 Å². The highest BCUT2D eigenvalue weighted by Crippen LogP contribution is 2.37. The van der Waals surface area contributed by atoms with Gasteiger partial charge in [0.2, 0.25) is 0 Å². The Bertz CT molecular complexity index is 672. The van der Waals surface area contributed by atoms with Crippen LogP contribution in [0.1, 0.15) is 6.42 Å². The maximum atomic E-state index is 13.5. The van der Waals surface area contributed by atoms with Crippen molar-refractivity contribution in [3.8, 4) is 0 Å². The molecule has 3 atom stereocenters. The first-order chi connectivity index (χ1) is 11.6. The number of likely N-dealkylation sites (tertiary alicyclic amines) is 1. The fraction of sp³-hybridized carbons (Fsp3) is 0.562. The number of fused-ring (bicyclic) bond motifs is 1. The van der Waals surface area contributed by atoms with Crippen LogP contribution in [0.25, 0.3) is 0 Å². The van der Waals surface area contributed by atoms with Crippen molar-refractivity contribution in [2.75, 3.05) is 37.6 Å². The predicted octanol–water partition coefficient (Wildman–Crippen LogP) is 2.72. The number of oxime groups is 1. The Kier molecular flexibility index (Phi) is 4.04. The summed E-state index contributed by atoms with van der Waals surface area (Å²) in [5.41, 5.74) is 0.774. The number of nitroso groups, excluding NO2 is 1. The van der Waals surface area contributed by atoms with Gasteiger partial charge in [-0.15, -0.1) is 0 Å². The van der Waals surface area contributed by atoms with Gasteiger partial charge in [-0.2, -0.15) is 4.91 Å². The second-order valence-electron chi connectivity index (χ2n) is 6.68. The molecule has 0 aliphatic carbocycles. The molecule has 3 aliphatic heterocycles. The monoisotopic (exact) mass is 352 g/mol. The molecular formula is C16H18ClFN4O2. The van der Waals surface area contributed by atoms with Gasteiger partial charge in [-0.3, -0.25) is 0 Å². The van der Waals surface area contributed by atoms with Gasteiger partial charge in [0.05, 0.1) is 17.1 Å². The SMILES string of the molecule is O=NCC1CC(N2CC3CN(c4cc(F)ccc4Cl)CC3C2)=NO1. The Hall–Kier alpha value is -1.89. The van der Waals surface area contributed by atoms with E-state index >= 15 is 0 Å². The molecule has 0 radical (unpaired) electrons. The summed E-state index contributed by atoms with van der Waals surface area (Å²) in [5.74, 6) is 1.64. The molecule has 4 rings (SSSR count). The molecule has 3 aliphatic rings. The van der Waals surface area contributed by atoms with Gasteiger partial charge in [-0.25, -0.2) is 4.39 Å². The topological polar surface area (TPSA) is 57.5 Å². The number of anilines is 1. The standard InChI is InChI=1S/C16H18ClFN4O2/c17-14-2-1-12(18)3-15(14)21-6-10-8-22(9-11(10)7-21)16-4-13(5-19-23)24-20-16/h1-3,10-11,13H,4-9H2. The number of benzene rings is 1. The molecule has 128 valence electrons. The Balaban J connectivity index is 1.39. The van der Waals surface area contributed by atoms with Gasteiger partial charge < -0.3 is 14.6 Å². The van der Waals surface area contributed by atoms with Crippen LogP contribution in [0.4, 0.5) is 10.1 Å². The van der Waals surface area contributed by atoms with Crippen molar-refractivity contribution in [2.24, 2.45) is 22.2 Å². The molecule has 0 saturated carbocycles. The summed E-state index contributed by atoms with van der Waals surface area (Å²) in [6, 6.07) is 4.50. The van der Waals surface area contributed by atoms with Gasteiger partial charge in [0.15, 0.2) is 6.10 Å². The minimum atomic E-state index is -0.264. The van der Waals surface area contributed by atoms with Gasteiger partial charge >= 0.3 is 0 Å². The first-order valence-electron chi connectivity index (χ1n) is 8.11. The van der Waals surface area contributed by atoms with E-state index in [1.165, 1.54) is 12.1 Å². The van der Waals surface area contributed by atoms with Gasteiger partial charge in [0, 0.05) is 38.0 Å². The van der Waals surface area contributed by atoms with Crippen LogP contribution in [0, 0.1) is 22.6 Å². The van der Waals surface area contributed by atoms with Crippen molar-refractivity contribution >= 4 is 23.1 Å². The molecule has 1 aromatic rings. The molecule has 3 heterocycles. The number of hydrogen-bond acceptors (Lipinski definition) is 6. The Morgan fingerprint density at radius 3 is 2.67 bits per heavy atom. The summed E-state index contributed by atoms with van der Waals surface area (Å²) in [7, 11) is 0. The summed E-state index contributed by atoms with van der Waals surface area (Å²) in [6.07, 6.45) is 0.422. The molecule has 2 fully saturated rings. The van der Waals surface area contributed by atoms with Gasteiger partial charge in [0.1, 0.15) is 18.2 Å². The van der Waals surface area contributed by atoms with Crippen molar-refractivity contribution in [1.82, 2.24) is 4.90 Å². The fourth-order valence-electron chi connectivity index (χ4n) is 3.91. The Morgan fingerprint density at radius 2 is 1.96 bits per heavy atom. The van der Waals surface area contributed by atoms with E-state index in [9.17, 15) is 9.30 Å². The van der Waals surface area contributed by atoms with E-state index in [0.29, 0.717) is 23.3 Å². The minimum absolute atomic E-state index is 0.138. The summed E-state index contributed by atoms with van der Waals surface area (Å²) in [4.78, 5) is 20.0. The molecule has 1 aromatic carbocycles. The highest BCUT2D eigenvalue weighted by Gasteiger charge is 2.42. The summed E-state index contributed by atoms with van der Waals surface area (Å²) in [6.45, 7) is 3.66. The van der Waals surface area contributed by atoms with E-state index in [1.807, 2.05) is 0 Å². The van der Waals surface area contributed by atoms with E-state index in [1.54, 1.807) is 6.07 Å². The smallest absolute Gasteiger partial charge is 0.157 e. The quantitative estimate of drug-likeness (QED) is 0.785. The average Bonchev–Trinajstić information content (AvgIpc) is 3.23. The van der Waals surface area contributed by atoms with Crippen LogP contribution in [0.15, 0.2) is 28.5 Å². The number of hydrogen-bond donors (Lipinski definition) is 0. The molecule has 2 saturated heterocycles. The lowest BCUT2D eigenvalue weighted by molar-refractivity contribution is 0.0918. The van der Waals surface area contributed by atoms with Crippen molar-refractivity contribution < 1.29 is 9.23 Å². The highest BCUT2D eigenvalue weighted by molar-refractivity contribution is 6.33. The fourth-order valence-corrected chi connectivity index (χ4v) is 4.15. The van der Waals surface area contributed by atoms with Crippen LogP contribution in [0.3, 0.4) is 0 Å². The van der Waals surface area contributed by atoms with Crippen molar-refractivity contribution in [3.05, 3.63) is 33.9 Å². The van der Waals surface area contributed by atoms with Crippen molar-refractivity contribution in [2.45, 2.75) is 12.5 Å². The van der Waals surface area contributed by atoms with E-state index in [2.05, 4.69) is 20.1 Å². The average molecular weight is 353 g/mol. The second kappa shape index (κ2) is 6.20. The maximum absolute atomic E-state index is 13.5. The predicted molar refractivity (Wildman–Crippen MR) is 89.8 cm³/mol. The second-order valence-corrected chi connectivity index (χ2v) is 7.08. The van der Waals surface area contributed by atoms with E-state index in [4.69, 9.17) is 16.4 Å². The van der Waals surface area contributed by atoms with Gasteiger partial charge in [0.25, 0.3) is 0 Å². The van der Waals surface area contributed by atoms with Crippen LogP contribution < -0.4 is 4.90 Å². The molecule has 6 nitrogen and oxygen atoms in total. The molecule has 0 bridgehead atoms. The Morgan fingerprint density at radius 1 is 1.25 bits per heavy atom. The number of amidine groups is 1. The van der Waals surface area contributed by atoms with Crippen LogP contribution in [0.5, 0.6) is 0 Å². The molecule has 8 heteroatoms. The third kappa shape index (κ3) is 2.81. The zero-order valence-corrected chi connectivity index (χ0v) is 13.8. The minimum Gasteiger partial charge on any atom is -0.388 e. The largest absolute Gasteiger partial charge is 0.388 e. The third-order valence-corrected chi connectivity index (χ3v) is 5.42. The van der Waals surface area contributed by atoms with Crippen molar-refractivity contribution in [3.63, 3.8) is 0 Å². The number of halogens is 2. The normalized spacial score (nSPS) is 28.8. The molecule has 3 unspecified atom stereocenters. The number of rotatable bonds is 3. The molecular weight excluding hydrogens is 335 g/mol. The lowest BCUT2D eigenvalue weighted by atomic mass is 10.0. The zero-order valence-electron chi connectivity index (χ0n) is 13.1. The molecule has 0 spiro atoms. The van der Waals surface area contributed by atoms with Crippen LogP contribution in [-0.4, -0.2) is 49.6 Å². The summed E-state index contributed by atoms with van der Waals surface area (Å²) < 4.78 is 13.5. The molecule has 24 heavy (non-hydrogen) atoms. The molecule has 0 amide bonds. The van der Waals surface area contributed by atoms with Crippen LogP contribution in [-0.2, 0) is 4.84 Å². The summed E-state index contributed by atoms with van der Waals surface area (Å²) in [5, 5.41) is 7.57. The van der Waals surface area contributed by atoms with E-state index in [0.717, 1.165) is 37.7 Å². The molecule has 0 aromatic heterocycles. The lowest BCUT2D eigenvalue weighted by Crippen LogP contribution is -2.33. The highest BCUT2D eigenvalue weighted by atomic mass is 35.5.